The van der Waals surface area contributed by atoms with E-state index in [1.165, 1.54) is 12.5 Å². The number of phenols is 1. The Labute approximate surface area is 286 Å². The highest BCUT2D eigenvalue weighted by molar-refractivity contribution is 6.42. The van der Waals surface area contributed by atoms with Gasteiger partial charge >= 0.3 is 5.97 Å². The Morgan fingerprint density at radius 3 is 2.60 bits per heavy atom. The number of hydrogen-bond donors (Lipinski definition) is 1. The Morgan fingerprint density at radius 1 is 1.09 bits per heavy atom. The Balaban J connectivity index is 1.27. The maximum Gasteiger partial charge on any atom is 0.308 e. The molecule has 248 valence electrons. The number of likely N-dealkylation sites (tertiary alicyclic amines) is 1. The average Bonchev–Trinajstić information content (AvgIpc) is 3.37. The highest BCUT2D eigenvalue weighted by Crippen LogP contribution is 2.65. The zero-order chi connectivity index (χ0) is 33.0. The van der Waals surface area contributed by atoms with Crippen LogP contribution in [0.3, 0.4) is 0 Å². The molecule has 0 aromatic heterocycles. The van der Waals surface area contributed by atoms with Crippen LogP contribution in [0.5, 0.6) is 17.2 Å². The van der Waals surface area contributed by atoms with Crippen LogP contribution in [0.15, 0.2) is 54.6 Å². The number of esters is 1. The fraction of sp³-hybridized carbons (Fsp3) is 0.474. The minimum absolute atomic E-state index is 0.0208. The zero-order valence-electron chi connectivity index (χ0n) is 27.2. The molecule has 47 heavy (non-hydrogen) atoms. The van der Waals surface area contributed by atoms with Crippen molar-refractivity contribution in [2.24, 2.45) is 11.8 Å². The molecule has 2 bridgehead atoms. The smallest absolute Gasteiger partial charge is 0.308 e. The topological polar surface area (TPSA) is 79.3 Å². The fourth-order valence-corrected chi connectivity index (χ4v) is 9.46. The predicted octanol–water partition coefficient (Wildman–Crippen LogP) is 7.00. The minimum atomic E-state index is -0.465. The van der Waals surface area contributed by atoms with Crippen LogP contribution in [0.25, 0.3) is 0 Å². The first-order valence-electron chi connectivity index (χ1n) is 16.8. The lowest BCUT2D eigenvalue weighted by Gasteiger charge is -2.60. The van der Waals surface area contributed by atoms with Crippen LogP contribution in [-0.2, 0) is 34.3 Å². The van der Waals surface area contributed by atoms with E-state index in [2.05, 4.69) is 43.0 Å². The van der Waals surface area contributed by atoms with Crippen molar-refractivity contribution in [3.05, 3.63) is 86.9 Å². The third kappa shape index (κ3) is 5.68. The summed E-state index contributed by atoms with van der Waals surface area (Å²) in [5.41, 5.74) is 3.60. The standard InChI is InChI=1S/C38H42Cl2N2O5/c1-22(2)21-42(34(45)18-25-9-11-28(39)29(40)17-25)30-12-10-27-31-19-26-32(44)20-33(46-23(3)43)36-35(26)38(27,37(30)47-36)14-16-41(31)15-13-24-7-5-4-6-8-24/h4-9,11,17,20,22,27,30-31,37,44H,10,12-16,18-19,21H2,1-3H3/t27-,30+,31+,37-,38-/m0/s1. The molecule has 1 amide bonds. The van der Waals surface area contributed by atoms with Crippen molar-refractivity contribution in [2.75, 3.05) is 19.6 Å². The van der Waals surface area contributed by atoms with Crippen LogP contribution in [0, 0.1) is 11.8 Å². The largest absolute Gasteiger partial charge is 0.508 e. The summed E-state index contributed by atoms with van der Waals surface area (Å²) in [6, 6.07) is 17.5. The molecular formula is C38H42Cl2N2O5. The van der Waals surface area contributed by atoms with E-state index in [0.717, 1.165) is 55.5 Å². The van der Waals surface area contributed by atoms with Crippen molar-refractivity contribution in [3.63, 3.8) is 0 Å². The maximum atomic E-state index is 14.3. The molecule has 7 nitrogen and oxygen atoms in total. The molecule has 2 heterocycles. The van der Waals surface area contributed by atoms with Crippen molar-refractivity contribution in [1.82, 2.24) is 9.80 Å². The summed E-state index contributed by atoms with van der Waals surface area (Å²) >= 11 is 12.5. The van der Waals surface area contributed by atoms with Gasteiger partial charge in [0.05, 0.1) is 22.5 Å². The average molecular weight is 678 g/mol. The molecule has 3 aromatic carbocycles. The van der Waals surface area contributed by atoms with Gasteiger partial charge in [-0.2, -0.15) is 0 Å². The van der Waals surface area contributed by atoms with E-state index in [-0.39, 0.29) is 53.9 Å². The van der Waals surface area contributed by atoms with Crippen molar-refractivity contribution in [1.29, 1.82) is 0 Å². The van der Waals surface area contributed by atoms with E-state index >= 15 is 0 Å². The highest BCUT2D eigenvalue weighted by atomic mass is 35.5. The van der Waals surface area contributed by atoms with Crippen LogP contribution in [0.4, 0.5) is 0 Å². The van der Waals surface area contributed by atoms with Crippen LogP contribution in [0.2, 0.25) is 10.0 Å². The minimum Gasteiger partial charge on any atom is -0.508 e. The molecule has 1 saturated heterocycles. The Kier molecular flexibility index (Phi) is 8.69. The molecule has 5 atom stereocenters. The first-order valence-corrected chi connectivity index (χ1v) is 17.6. The molecule has 4 aliphatic rings. The van der Waals surface area contributed by atoms with E-state index in [1.54, 1.807) is 18.2 Å². The quantitative estimate of drug-likeness (QED) is 0.194. The van der Waals surface area contributed by atoms with Gasteiger partial charge in [-0.05, 0) is 73.7 Å². The van der Waals surface area contributed by atoms with Gasteiger partial charge in [-0.15, -0.1) is 0 Å². The number of benzene rings is 3. The van der Waals surface area contributed by atoms with Crippen LogP contribution in [0.1, 0.15) is 62.3 Å². The summed E-state index contributed by atoms with van der Waals surface area (Å²) in [7, 11) is 0. The molecule has 2 aliphatic heterocycles. The molecule has 1 saturated carbocycles. The number of hydrogen-bond acceptors (Lipinski definition) is 6. The van der Waals surface area contributed by atoms with Crippen molar-refractivity contribution < 1.29 is 24.2 Å². The van der Waals surface area contributed by atoms with E-state index in [9.17, 15) is 14.7 Å². The maximum absolute atomic E-state index is 14.3. The first-order chi connectivity index (χ1) is 22.6. The number of nitrogens with zero attached hydrogens (tertiary/aromatic N) is 2. The number of phenolic OH excluding ortho intramolecular Hbond substituents is 1. The van der Waals surface area contributed by atoms with Gasteiger partial charge in [0.1, 0.15) is 11.9 Å². The molecule has 0 unspecified atom stereocenters. The van der Waals surface area contributed by atoms with Gasteiger partial charge < -0.3 is 19.5 Å². The van der Waals surface area contributed by atoms with Crippen LogP contribution in [-0.4, -0.2) is 64.6 Å². The molecular weight excluding hydrogens is 635 g/mol. The molecule has 1 spiro atoms. The van der Waals surface area contributed by atoms with Crippen LogP contribution < -0.4 is 9.47 Å². The Morgan fingerprint density at radius 2 is 1.87 bits per heavy atom. The molecule has 3 aromatic rings. The number of rotatable bonds is 9. The second-order valence-electron chi connectivity index (χ2n) is 14.2. The lowest BCUT2D eigenvalue weighted by Crippen LogP contribution is -2.69. The van der Waals surface area contributed by atoms with E-state index in [1.807, 2.05) is 17.0 Å². The fourth-order valence-electron chi connectivity index (χ4n) is 9.14. The summed E-state index contributed by atoms with van der Waals surface area (Å²) in [4.78, 5) is 31.1. The summed E-state index contributed by atoms with van der Waals surface area (Å²) in [5, 5.41) is 12.4. The monoisotopic (exact) mass is 676 g/mol. The predicted molar refractivity (Wildman–Crippen MR) is 183 cm³/mol. The van der Waals surface area contributed by atoms with Gasteiger partial charge in [0.15, 0.2) is 11.5 Å². The summed E-state index contributed by atoms with van der Waals surface area (Å²) in [6.45, 7) is 8.03. The highest BCUT2D eigenvalue weighted by Gasteiger charge is 2.67. The molecule has 2 aliphatic carbocycles. The van der Waals surface area contributed by atoms with Gasteiger partial charge in [-0.1, -0.05) is 73.4 Å². The normalized spacial score (nSPS) is 25.7. The second kappa shape index (κ2) is 12.6. The molecule has 1 N–H and O–H groups in total. The first kappa shape index (κ1) is 32.3. The summed E-state index contributed by atoms with van der Waals surface area (Å²) in [5.74, 6) is 1.04. The number of carbonyl (C=O) groups excluding carboxylic acids is 2. The van der Waals surface area contributed by atoms with E-state index in [4.69, 9.17) is 32.7 Å². The van der Waals surface area contributed by atoms with Gasteiger partial charge in [-0.25, -0.2) is 0 Å². The van der Waals surface area contributed by atoms with E-state index < -0.39 is 11.4 Å². The molecule has 0 radical (unpaired) electrons. The SMILES string of the molecule is CC(=O)Oc1cc(O)c2c3c1O[C@H]1[C@H](N(CC(C)C)C(=O)Cc4ccc(Cl)c(Cl)c4)CC[C@H]4[C@@H](C2)N(CCc2ccccc2)CC[C@@]341. The van der Waals surface area contributed by atoms with Crippen LogP contribution >= 0.6 is 23.2 Å². The number of carbonyl (C=O) groups is 2. The molecule has 2 fully saturated rings. The van der Waals surface area contributed by atoms with Crippen molar-refractivity contribution in [2.45, 2.75) is 82.9 Å². The molecule has 9 heteroatoms. The lowest BCUT2D eigenvalue weighted by molar-refractivity contribution is -0.143. The third-order valence-corrected chi connectivity index (χ3v) is 11.6. The summed E-state index contributed by atoms with van der Waals surface area (Å²) < 4.78 is 12.7. The second-order valence-corrected chi connectivity index (χ2v) is 15.0. The van der Waals surface area contributed by atoms with Gasteiger partial charge in [-0.3, -0.25) is 14.5 Å². The number of amides is 1. The number of halogens is 2. The van der Waals surface area contributed by atoms with Gasteiger partial charge in [0.25, 0.3) is 0 Å². The Hall–Kier alpha value is -3.26. The Bertz CT molecular complexity index is 1700. The third-order valence-electron chi connectivity index (χ3n) is 10.9. The lowest BCUT2D eigenvalue weighted by atomic mass is 9.50. The van der Waals surface area contributed by atoms with Crippen molar-refractivity contribution >= 4 is 35.1 Å². The zero-order valence-corrected chi connectivity index (χ0v) is 28.7. The molecule has 7 rings (SSSR count). The number of aromatic hydroxyl groups is 1. The van der Waals surface area contributed by atoms with Crippen molar-refractivity contribution in [3.8, 4) is 17.2 Å². The van der Waals surface area contributed by atoms with Gasteiger partial charge in [0.2, 0.25) is 5.91 Å². The number of piperidine rings is 1. The van der Waals surface area contributed by atoms with Gasteiger partial charge in [0, 0.05) is 48.7 Å². The summed E-state index contributed by atoms with van der Waals surface area (Å²) in [6.07, 6.45) is 4.12. The van der Waals surface area contributed by atoms with E-state index in [0.29, 0.717) is 28.8 Å². The number of ether oxygens (including phenoxy) is 2.